The van der Waals surface area contributed by atoms with Crippen LogP contribution in [0.25, 0.3) is 0 Å². The second-order valence-electron chi connectivity index (χ2n) is 5.47. The predicted octanol–water partition coefficient (Wildman–Crippen LogP) is 1.17. The molecule has 0 aromatic heterocycles. The first kappa shape index (κ1) is 12.2. The highest BCUT2D eigenvalue weighted by atomic mass is 15.3. The molecule has 3 rings (SSSR count). The molecule has 0 unspecified atom stereocenters. The molecule has 0 radical (unpaired) electrons. The minimum Gasteiger partial charge on any atom is -0.315 e. The molecule has 2 saturated heterocycles. The van der Waals surface area contributed by atoms with Gasteiger partial charge in [-0.3, -0.25) is 9.80 Å². The smallest absolute Gasteiger partial charge is 0.0351 e. The summed E-state index contributed by atoms with van der Waals surface area (Å²) in [5.41, 5.74) is 1.44. The van der Waals surface area contributed by atoms with Gasteiger partial charge in [0.1, 0.15) is 0 Å². The topological polar surface area (TPSA) is 18.5 Å². The molecule has 0 spiro atoms. The van der Waals surface area contributed by atoms with Gasteiger partial charge in [0.25, 0.3) is 0 Å². The molecule has 0 atom stereocenters. The van der Waals surface area contributed by atoms with Gasteiger partial charge in [-0.2, -0.15) is 0 Å². The summed E-state index contributed by atoms with van der Waals surface area (Å²) in [5.74, 6) is 0. The maximum absolute atomic E-state index is 3.48. The number of hydrogen-bond donors (Lipinski definition) is 1. The standard InChI is InChI=1S/C15H23N3/c1-2-5-14(6-3-1)11-17-12-15(13-17)18-9-4-7-16-8-10-18/h1-3,5-6,15-16H,4,7-13H2. The lowest BCUT2D eigenvalue weighted by atomic mass is 10.1. The molecule has 1 N–H and O–H groups in total. The molecule has 1 aromatic rings. The highest BCUT2D eigenvalue weighted by Crippen LogP contribution is 2.18. The zero-order chi connectivity index (χ0) is 12.2. The maximum Gasteiger partial charge on any atom is 0.0351 e. The van der Waals surface area contributed by atoms with E-state index in [0.29, 0.717) is 0 Å². The molecule has 0 amide bonds. The average molecular weight is 245 g/mol. The third kappa shape index (κ3) is 2.91. The zero-order valence-electron chi connectivity index (χ0n) is 11.0. The Balaban J connectivity index is 1.45. The van der Waals surface area contributed by atoms with Crippen LogP contribution in [0.3, 0.4) is 0 Å². The second-order valence-corrected chi connectivity index (χ2v) is 5.47. The van der Waals surface area contributed by atoms with Crippen LogP contribution < -0.4 is 5.32 Å². The Morgan fingerprint density at radius 1 is 1.06 bits per heavy atom. The van der Waals surface area contributed by atoms with E-state index in [1.165, 1.54) is 44.7 Å². The highest BCUT2D eigenvalue weighted by Gasteiger charge is 2.31. The molecule has 3 heteroatoms. The van der Waals surface area contributed by atoms with Gasteiger partial charge in [-0.25, -0.2) is 0 Å². The second kappa shape index (κ2) is 5.83. The fraction of sp³-hybridized carbons (Fsp3) is 0.600. The largest absolute Gasteiger partial charge is 0.315 e. The zero-order valence-corrected chi connectivity index (χ0v) is 11.0. The number of benzene rings is 1. The molecule has 18 heavy (non-hydrogen) atoms. The molecule has 3 nitrogen and oxygen atoms in total. The van der Waals surface area contributed by atoms with E-state index in [4.69, 9.17) is 0 Å². The van der Waals surface area contributed by atoms with Gasteiger partial charge in [-0.15, -0.1) is 0 Å². The Labute approximate surface area is 110 Å². The van der Waals surface area contributed by atoms with Crippen LogP contribution in [-0.4, -0.2) is 55.1 Å². The molecule has 2 aliphatic heterocycles. The van der Waals surface area contributed by atoms with Crippen LogP contribution in [-0.2, 0) is 6.54 Å². The third-order valence-corrected chi connectivity index (χ3v) is 4.08. The molecule has 98 valence electrons. The van der Waals surface area contributed by atoms with E-state index in [1.807, 2.05) is 0 Å². The van der Waals surface area contributed by atoms with Crippen molar-refractivity contribution in [2.24, 2.45) is 0 Å². The van der Waals surface area contributed by atoms with Crippen LogP contribution in [0.15, 0.2) is 30.3 Å². The van der Waals surface area contributed by atoms with Crippen molar-refractivity contribution in [3.05, 3.63) is 35.9 Å². The van der Waals surface area contributed by atoms with Crippen LogP contribution >= 0.6 is 0 Å². The fourth-order valence-electron chi connectivity index (χ4n) is 2.98. The SMILES string of the molecule is c1ccc(CN2CC(N3CCCNCC3)C2)cc1. The third-order valence-electron chi connectivity index (χ3n) is 4.08. The first-order valence-electron chi connectivity index (χ1n) is 7.13. The Hall–Kier alpha value is -0.900. The summed E-state index contributed by atoms with van der Waals surface area (Å²) in [7, 11) is 0. The van der Waals surface area contributed by atoms with Gasteiger partial charge in [-0.05, 0) is 25.1 Å². The van der Waals surface area contributed by atoms with Crippen LogP contribution in [0.2, 0.25) is 0 Å². The Morgan fingerprint density at radius 3 is 2.72 bits per heavy atom. The van der Waals surface area contributed by atoms with Crippen molar-refractivity contribution >= 4 is 0 Å². The molecular formula is C15H23N3. The molecule has 0 aliphatic carbocycles. The van der Waals surface area contributed by atoms with Gasteiger partial charge in [0.15, 0.2) is 0 Å². The number of nitrogens with one attached hydrogen (secondary N) is 1. The van der Waals surface area contributed by atoms with Gasteiger partial charge in [0, 0.05) is 38.8 Å². The first-order chi connectivity index (χ1) is 8.92. The minimum atomic E-state index is 0.800. The van der Waals surface area contributed by atoms with Gasteiger partial charge in [0.2, 0.25) is 0 Å². The minimum absolute atomic E-state index is 0.800. The van der Waals surface area contributed by atoms with Crippen molar-refractivity contribution in [3.8, 4) is 0 Å². The van der Waals surface area contributed by atoms with Gasteiger partial charge in [0.05, 0.1) is 0 Å². The highest BCUT2D eigenvalue weighted by molar-refractivity contribution is 5.15. The summed E-state index contributed by atoms with van der Waals surface area (Å²) >= 11 is 0. The van der Waals surface area contributed by atoms with Crippen LogP contribution in [0.4, 0.5) is 0 Å². The van der Waals surface area contributed by atoms with E-state index in [0.717, 1.165) is 19.1 Å². The first-order valence-corrected chi connectivity index (χ1v) is 7.13. The van der Waals surface area contributed by atoms with Crippen molar-refractivity contribution in [1.82, 2.24) is 15.1 Å². The lowest BCUT2D eigenvalue weighted by Gasteiger charge is -2.45. The van der Waals surface area contributed by atoms with Gasteiger partial charge in [-0.1, -0.05) is 30.3 Å². The number of likely N-dealkylation sites (tertiary alicyclic amines) is 1. The van der Waals surface area contributed by atoms with Crippen LogP contribution in [0, 0.1) is 0 Å². The van der Waals surface area contributed by atoms with E-state index in [9.17, 15) is 0 Å². The fourth-order valence-corrected chi connectivity index (χ4v) is 2.98. The molecule has 2 aliphatic rings. The summed E-state index contributed by atoms with van der Waals surface area (Å²) in [5, 5.41) is 3.48. The molecule has 0 bridgehead atoms. The summed E-state index contributed by atoms with van der Waals surface area (Å²) in [6.45, 7) is 8.46. The van der Waals surface area contributed by atoms with E-state index in [1.54, 1.807) is 0 Å². The summed E-state index contributed by atoms with van der Waals surface area (Å²) in [6.07, 6.45) is 1.30. The van der Waals surface area contributed by atoms with Crippen molar-refractivity contribution in [1.29, 1.82) is 0 Å². The number of hydrogen-bond acceptors (Lipinski definition) is 3. The van der Waals surface area contributed by atoms with E-state index < -0.39 is 0 Å². The van der Waals surface area contributed by atoms with E-state index >= 15 is 0 Å². The van der Waals surface area contributed by atoms with Crippen molar-refractivity contribution in [3.63, 3.8) is 0 Å². The Morgan fingerprint density at radius 2 is 1.89 bits per heavy atom. The normalized spacial score (nSPS) is 23.6. The average Bonchev–Trinajstić information content (AvgIpc) is 2.63. The Kier molecular flexibility index (Phi) is 3.93. The molecule has 0 saturated carbocycles. The molecular weight excluding hydrogens is 222 g/mol. The lowest BCUT2D eigenvalue weighted by molar-refractivity contribution is 0.0322. The Bertz CT molecular complexity index is 351. The monoisotopic (exact) mass is 245 g/mol. The number of nitrogens with zero attached hydrogens (tertiary/aromatic N) is 2. The molecule has 1 aromatic carbocycles. The summed E-state index contributed by atoms with van der Waals surface area (Å²) in [6, 6.07) is 11.6. The molecule has 2 fully saturated rings. The number of rotatable bonds is 3. The predicted molar refractivity (Wildman–Crippen MR) is 74.6 cm³/mol. The van der Waals surface area contributed by atoms with Crippen molar-refractivity contribution < 1.29 is 0 Å². The van der Waals surface area contributed by atoms with Crippen LogP contribution in [0.1, 0.15) is 12.0 Å². The van der Waals surface area contributed by atoms with Gasteiger partial charge < -0.3 is 5.32 Å². The molecule has 2 heterocycles. The van der Waals surface area contributed by atoms with E-state index in [-0.39, 0.29) is 0 Å². The summed E-state index contributed by atoms with van der Waals surface area (Å²) in [4.78, 5) is 5.22. The maximum atomic E-state index is 3.48. The quantitative estimate of drug-likeness (QED) is 0.862. The van der Waals surface area contributed by atoms with Gasteiger partial charge >= 0.3 is 0 Å². The van der Waals surface area contributed by atoms with Crippen molar-refractivity contribution in [2.75, 3.05) is 39.3 Å². The van der Waals surface area contributed by atoms with E-state index in [2.05, 4.69) is 45.4 Å². The lowest BCUT2D eigenvalue weighted by Crippen LogP contribution is -2.59. The van der Waals surface area contributed by atoms with Crippen molar-refractivity contribution in [2.45, 2.75) is 19.0 Å². The summed E-state index contributed by atoms with van der Waals surface area (Å²) < 4.78 is 0. The van der Waals surface area contributed by atoms with Crippen LogP contribution in [0.5, 0.6) is 0 Å².